The number of fused-ring (bicyclic) bond motifs is 1. The molecule has 2 aromatic heterocycles. The molecule has 0 atom stereocenters. The molecule has 2 fully saturated rings. The molecule has 3 aromatic rings. The minimum Gasteiger partial charge on any atom is -0.334 e. The van der Waals surface area contributed by atoms with Crippen molar-refractivity contribution in [3.05, 3.63) is 59.2 Å². The lowest BCUT2D eigenvalue weighted by molar-refractivity contribution is 0.0725. The highest BCUT2D eigenvalue weighted by Crippen LogP contribution is 2.30. The van der Waals surface area contributed by atoms with E-state index in [9.17, 15) is 4.79 Å². The summed E-state index contributed by atoms with van der Waals surface area (Å²) in [6.45, 7) is 8.32. The number of nitrogens with one attached hydrogen (secondary N) is 2. The zero-order valence-corrected chi connectivity index (χ0v) is 18.1. The largest absolute Gasteiger partial charge is 0.334 e. The highest BCUT2D eigenvalue weighted by atomic mass is 16.2. The molecule has 2 aliphatic rings. The molecule has 5 rings (SSSR count). The van der Waals surface area contributed by atoms with Gasteiger partial charge in [0.05, 0.1) is 11.0 Å². The predicted octanol–water partition coefficient (Wildman–Crippen LogP) is 2.69. The first-order chi connectivity index (χ1) is 15.2. The van der Waals surface area contributed by atoms with Gasteiger partial charge in [-0.15, -0.1) is 0 Å². The van der Waals surface area contributed by atoms with Gasteiger partial charge in [0.25, 0.3) is 5.91 Å². The summed E-state index contributed by atoms with van der Waals surface area (Å²) in [5.41, 5.74) is 5.50. The van der Waals surface area contributed by atoms with Crippen molar-refractivity contribution in [2.24, 2.45) is 0 Å². The smallest absolute Gasteiger partial charge is 0.289 e. The Kier molecular flexibility index (Phi) is 5.70. The number of aromatic amines is 1. The second kappa shape index (κ2) is 8.77. The fourth-order valence-corrected chi connectivity index (χ4v) is 4.67. The van der Waals surface area contributed by atoms with E-state index in [0.29, 0.717) is 11.7 Å². The zero-order chi connectivity index (χ0) is 21.2. The van der Waals surface area contributed by atoms with E-state index in [2.05, 4.69) is 55.5 Å². The molecule has 31 heavy (non-hydrogen) atoms. The van der Waals surface area contributed by atoms with Crippen LogP contribution in [0.2, 0.25) is 0 Å². The van der Waals surface area contributed by atoms with Crippen molar-refractivity contribution < 1.29 is 4.79 Å². The van der Waals surface area contributed by atoms with E-state index in [1.807, 2.05) is 18.0 Å². The van der Waals surface area contributed by atoms with Gasteiger partial charge in [0.2, 0.25) is 0 Å². The molecule has 0 spiro atoms. The quantitative estimate of drug-likeness (QED) is 0.681. The Morgan fingerprint density at radius 3 is 2.65 bits per heavy atom. The molecular formula is C24H30N6O. The summed E-state index contributed by atoms with van der Waals surface area (Å²) in [5, 5.41) is 3.28. The summed E-state index contributed by atoms with van der Waals surface area (Å²) in [5.74, 6) is 0.995. The molecular weight excluding hydrogens is 388 g/mol. The molecule has 4 heterocycles. The Morgan fingerprint density at radius 2 is 1.90 bits per heavy atom. The molecule has 2 aliphatic heterocycles. The van der Waals surface area contributed by atoms with Gasteiger partial charge in [-0.2, -0.15) is 0 Å². The maximum absolute atomic E-state index is 12.8. The number of rotatable bonds is 4. The number of carbonyl (C=O) groups is 1. The number of aryl methyl sites for hydroxylation is 1. The lowest BCUT2D eigenvalue weighted by Crippen LogP contribution is -2.46. The van der Waals surface area contributed by atoms with E-state index >= 15 is 0 Å². The number of piperidine rings is 1. The third-order valence-electron chi connectivity index (χ3n) is 6.55. The molecule has 0 radical (unpaired) electrons. The third kappa shape index (κ3) is 4.48. The first-order valence-corrected chi connectivity index (χ1v) is 11.3. The average Bonchev–Trinajstić information content (AvgIpc) is 3.25. The van der Waals surface area contributed by atoms with E-state index in [1.165, 1.54) is 11.1 Å². The van der Waals surface area contributed by atoms with E-state index in [0.717, 1.165) is 75.4 Å². The van der Waals surface area contributed by atoms with Crippen LogP contribution in [0, 0.1) is 6.92 Å². The van der Waals surface area contributed by atoms with Crippen molar-refractivity contribution in [2.45, 2.75) is 32.2 Å². The second-order valence-corrected chi connectivity index (χ2v) is 8.76. The molecule has 2 N–H and O–H groups in total. The molecule has 0 unspecified atom stereocenters. The first kappa shape index (κ1) is 20.2. The minimum absolute atomic E-state index is 0.00171. The van der Waals surface area contributed by atoms with E-state index < -0.39 is 0 Å². The molecule has 1 amide bonds. The normalized spacial score (nSPS) is 18.5. The number of carbonyl (C=O) groups excluding carboxylic acids is 1. The summed E-state index contributed by atoms with van der Waals surface area (Å²) >= 11 is 0. The Morgan fingerprint density at radius 1 is 1.10 bits per heavy atom. The molecule has 7 nitrogen and oxygen atoms in total. The van der Waals surface area contributed by atoms with Crippen LogP contribution in [0.1, 0.15) is 46.2 Å². The number of pyridine rings is 1. The lowest BCUT2D eigenvalue weighted by atomic mass is 9.89. The van der Waals surface area contributed by atoms with Crippen molar-refractivity contribution in [3.8, 4) is 0 Å². The van der Waals surface area contributed by atoms with Gasteiger partial charge < -0.3 is 15.2 Å². The predicted molar refractivity (Wildman–Crippen MR) is 121 cm³/mol. The Bertz CT molecular complexity index is 1050. The maximum Gasteiger partial charge on any atom is 0.289 e. The highest BCUT2D eigenvalue weighted by Gasteiger charge is 2.23. The Labute approximate surface area is 182 Å². The van der Waals surface area contributed by atoms with Crippen molar-refractivity contribution in [1.29, 1.82) is 0 Å². The van der Waals surface area contributed by atoms with Crippen molar-refractivity contribution >= 4 is 16.9 Å². The van der Waals surface area contributed by atoms with Crippen LogP contribution in [0.3, 0.4) is 0 Å². The summed E-state index contributed by atoms with van der Waals surface area (Å²) in [6, 6.07) is 10.7. The van der Waals surface area contributed by atoms with Crippen LogP contribution in [-0.2, 0) is 6.54 Å². The average molecular weight is 419 g/mol. The van der Waals surface area contributed by atoms with Crippen LogP contribution in [0.4, 0.5) is 0 Å². The zero-order valence-electron chi connectivity index (χ0n) is 18.1. The summed E-state index contributed by atoms with van der Waals surface area (Å²) in [4.78, 5) is 29.4. The number of hydrogen-bond acceptors (Lipinski definition) is 5. The van der Waals surface area contributed by atoms with Crippen LogP contribution < -0.4 is 5.32 Å². The van der Waals surface area contributed by atoms with Gasteiger partial charge in [0.1, 0.15) is 0 Å². The first-order valence-electron chi connectivity index (χ1n) is 11.3. The fraction of sp³-hybridized carbons (Fsp3) is 0.458. The van der Waals surface area contributed by atoms with Gasteiger partial charge in [-0.3, -0.25) is 14.7 Å². The topological polar surface area (TPSA) is 77.2 Å². The highest BCUT2D eigenvalue weighted by molar-refractivity contribution is 5.94. The monoisotopic (exact) mass is 418 g/mol. The van der Waals surface area contributed by atoms with Crippen molar-refractivity contribution in [3.63, 3.8) is 0 Å². The van der Waals surface area contributed by atoms with Crippen LogP contribution >= 0.6 is 0 Å². The molecule has 1 aromatic carbocycles. The standard InChI is InChI=1S/C24H30N6O/c1-17-2-3-18(15-26-17)16-29-10-6-19(7-11-29)20-4-5-21-22(14-20)28-23(27-21)24(31)30-12-8-25-9-13-30/h2-5,14-15,19,25H,6-13,16H2,1H3,(H,27,28). The van der Waals surface area contributed by atoms with Gasteiger partial charge in [-0.05, 0) is 68.1 Å². The minimum atomic E-state index is -0.00171. The van der Waals surface area contributed by atoms with Crippen molar-refractivity contribution in [1.82, 2.24) is 30.1 Å². The van der Waals surface area contributed by atoms with Gasteiger partial charge in [-0.25, -0.2) is 4.98 Å². The van der Waals surface area contributed by atoms with Crippen molar-refractivity contribution in [2.75, 3.05) is 39.3 Å². The van der Waals surface area contributed by atoms with Gasteiger partial charge in [0, 0.05) is 44.6 Å². The molecule has 0 aliphatic carbocycles. The van der Waals surface area contributed by atoms with Crippen LogP contribution in [-0.4, -0.2) is 69.9 Å². The second-order valence-electron chi connectivity index (χ2n) is 8.76. The van der Waals surface area contributed by atoms with Gasteiger partial charge in [0.15, 0.2) is 5.82 Å². The number of imidazole rings is 1. The Hall–Kier alpha value is -2.77. The fourth-order valence-electron chi connectivity index (χ4n) is 4.67. The van der Waals surface area contributed by atoms with E-state index in [-0.39, 0.29) is 5.91 Å². The number of hydrogen-bond donors (Lipinski definition) is 2. The summed E-state index contributed by atoms with van der Waals surface area (Å²) < 4.78 is 0. The van der Waals surface area contributed by atoms with E-state index in [4.69, 9.17) is 0 Å². The van der Waals surface area contributed by atoms with Gasteiger partial charge in [-0.1, -0.05) is 12.1 Å². The Balaban J connectivity index is 1.23. The van der Waals surface area contributed by atoms with Crippen LogP contribution in [0.25, 0.3) is 11.0 Å². The molecule has 0 saturated carbocycles. The molecule has 0 bridgehead atoms. The maximum atomic E-state index is 12.8. The third-order valence-corrected chi connectivity index (χ3v) is 6.55. The SMILES string of the molecule is Cc1ccc(CN2CCC(c3ccc4[nH]c(C(=O)N5CCNCC5)nc4c3)CC2)cn1. The van der Waals surface area contributed by atoms with Crippen LogP contribution in [0.15, 0.2) is 36.5 Å². The molecule has 2 saturated heterocycles. The number of piperazine rings is 1. The number of amides is 1. The number of nitrogens with zero attached hydrogens (tertiary/aromatic N) is 4. The summed E-state index contributed by atoms with van der Waals surface area (Å²) in [6.07, 6.45) is 4.27. The molecule has 7 heteroatoms. The van der Waals surface area contributed by atoms with E-state index in [1.54, 1.807) is 0 Å². The number of H-pyrrole nitrogens is 1. The lowest BCUT2D eigenvalue weighted by Gasteiger charge is -2.32. The van der Waals surface area contributed by atoms with Crippen LogP contribution in [0.5, 0.6) is 0 Å². The van der Waals surface area contributed by atoms with Gasteiger partial charge >= 0.3 is 0 Å². The number of benzene rings is 1. The number of likely N-dealkylation sites (tertiary alicyclic amines) is 1. The summed E-state index contributed by atoms with van der Waals surface area (Å²) in [7, 11) is 0. The number of aromatic nitrogens is 3. The molecule has 162 valence electrons.